The molecule has 0 aliphatic heterocycles. The Hall–Kier alpha value is -3.12. The molecule has 2 aromatic heterocycles. The zero-order valence-corrected chi connectivity index (χ0v) is 13.4. The van der Waals surface area contributed by atoms with E-state index in [1.807, 2.05) is 0 Å². The molecule has 5 N–H and O–H groups in total. The van der Waals surface area contributed by atoms with Gasteiger partial charge in [-0.25, -0.2) is 9.97 Å². The number of nitrogens with zero attached hydrogens (tertiary/aromatic N) is 4. The summed E-state index contributed by atoms with van der Waals surface area (Å²) in [6, 6.07) is 4.61. The van der Waals surface area contributed by atoms with E-state index in [1.165, 1.54) is 11.4 Å². The van der Waals surface area contributed by atoms with Crippen molar-refractivity contribution in [2.45, 2.75) is 0 Å². The summed E-state index contributed by atoms with van der Waals surface area (Å²) < 4.78 is 0.596. The number of carbonyl (C=O) groups excluding carboxylic acids is 1. The van der Waals surface area contributed by atoms with Gasteiger partial charge < -0.3 is 11.5 Å². The number of aliphatic imine (C=N–C) groups is 1. The topological polar surface area (TPSA) is 162 Å². The average molecular weight is 363 g/mol. The third-order valence-electron chi connectivity index (χ3n) is 2.76. The van der Waals surface area contributed by atoms with Crippen LogP contribution in [0.2, 0.25) is 0 Å². The lowest BCUT2D eigenvalue weighted by Crippen LogP contribution is -2.21. The second kappa shape index (κ2) is 6.17. The molecule has 0 saturated carbocycles. The Morgan fingerprint density at radius 3 is 2.83 bits per heavy atom. The fraction of sp³-hybridized carbons (Fsp3) is 0. The molecule has 0 bridgehead atoms. The first-order valence-corrected chi connectivity index (χ1v) is 8.04. The second-order valence-electron chi connectivity index (χ2n) is 4.41. The quantitative estimate of drug-likeness (QED) is 0.275. The third kappa shape index (κ3) is 3.13. The number of guanidine groups is 1. The first kappa shape index (κ1) is 15.8. The van der Waals surface area contributed by atoms with Crippen molar-refractivity contribution in [2.75, 3.05) is 5.32 Å². The smallest absolute Gasteiger partial charge is 0.296 e. The minimum atomic E-state index is -0.518. The number of hydrogen-bond acceptors (Lipinski definition) is 8. The number of amides is 1. The van der Waals surface area contributed by atoms with Crippen LogP contribution < -0.4 is 16.8 Å². The highest BCUT2D eigenvalue weighted by Crippen LogP contribution is 2.32. The van der Waals surface area contributed by atoms with Crippen molar-refractivity contribution in [3.05, 3.63) is 39.4 Å². The van der Waals surface area contributed by atoms with Gasteiger partial charge in [-0.15, -0.1) is 11.3 Å². The number of para-hydroxylation sites is 1. The van der Waals surface area contributed by atoms with Crippen molar-refractivity contribution in [3.8, 4) is 0 Å². The van der Waals surface area contributed by atoms with Crippen LogP contribution in [0.1, 0.15) is 10.5 Å². The molecule has 1 aromatic carbocycles. The number of carbonyl (C=O) groups is 1. The summed E-state index contributed by atoms with van der Waals surface area (Å²) in [6.07, 6.45) is 0. The normalized spacial score (nSPS) is 10.5. The van der Waals surface area contributed by atoms with Crippen LogP contribution in [0.3, 0.4) is 0 Å². The van der Waals surface area contributed by atoms with Crippen LogP contribution in [0, 0.1) is 10.1 Å². The van der Waals surface area contributed by atoms with Crippen LogP contribution in [0.5, 0.6) is 0 Å². The lowest BCUT2D eigenvalue weighted by molar-refractivity contribution is -0.383. The van der Waals surface area contributed by atoms with E-state index >= 15 is 0 Å². The van der Waals surface area contributed by atoms with Crippen LogP contribution in [0.4, 0.5) is 16.0 Å². The Bertz CT molecular complexity index is 974. The van der Waals surface area contributed by atoms with Gasteiger partial charge in [-0.2, -0.15) is 4.99 Å². The molecule has 0 radical (unpaired) electrons. The number of thiazole rings is 2. The number of hydrogen-bond donors (Lipinski definition) is 3. The van der Waals surface area contributed by atoms with E-state index in [2.05, 4.69) is 20.3 Å². The standard InChI is InChI=1S/C12H9N7O3S2/c13-10(14)18-11-15-5(4-23-11)9(20)17-12-16-8-6(19(21)22)2-1-3-7(8)24-12/h1-4H,(H,16,17,20)(H4,13,14,15,18). The zero-order valence-electron chi connectivity index (χ0n) is 11.8. The summed E-state index contributed by atoms with van der Waals surface area (Å²) in [4.78, 5) is 34.5. The molecule has 10 nitrogen and oxygen atoms in total. The van der Waals surface area contributed by atoms with Gasteiger partial charge in [0.05, 0.1) is 9.62 Å². The van der Waals surface area contributed by atoms with Gasteiger partial charge >= 0.3 is 0 Å². The van der Waals surface area contributed by atoms with E-state index in [9.17, 15) is 14.9 Å². The first-order valence-electron chi connectivity index (χ1n) is 6.34. The van der Waals surface area contributed by atoms with E-state index in [4.69, 9.17) is 11.5 Å². The van der Waals surface area contributed by atoms with Crippen LogP contribution in [-0.4, -0.2) is 26.8 Å². The highest BCUT2D eigenvalue weighted by atomic mass is 32.1. The highest BCUT2D eigenvalue weighted by Gasteiger charge is 2.18. The van der Waals surface area contributed by atoms with Crippen LogP contribution in [0.25, 0.3) is 10.2 Å². The maximum absolute atomic E-state index is 12.2. The lowest BCUT2D eigenvalue weighted by Gasteiger charge is -1.96. The van der Waals surface area contributed by atoms with Gasteiger partial charge in [-0.05, 0) is 6.07 Å². The lowest BCUT2D eigenvalue weighted by atomic mass is 10.3. The molecule has 3 rings (SSSR count). The van der Waals surface area contributed by atoms with E-state index in [-0.39, 0.29) is 33.1 Å². The Balaban J connectivity index is 1.85. The van der Waals surface area contributed by atoms with Crippen LogP contribution in [-0.2, 0) is 0 Å². The predicted octanol–water partition coefficient (Wildman–Crippen LogP) is 1.82. The molecule has 0 spiro atoms. The molecule has 3 aromatic rings. The number of benzene rings is 1. The maximum Gasteiger partial charge on any atom is 0.296 e. The van der Waals surface area contributed by atoms with E-state index < -0.39 is 10.8 Å². The van der Waals surface area contributed by atoms with Crippen LogP contribution >= 0.6 is 22.7 Å². The SMILES string of the molecule is NC(N)=Nc1nc(C(=O)Nc2nc3c([N+](=O)[O-])cccc3s2)cs1. The molecule has 0 fully saturated rings. The first-order chi connectivity index (χ1) is 11.4. The Labute approximate surface area is 142 Å². The minimum absolute atomic E-state index is 0.118. The van der Waals surface area contributed by atoms with Crippen molar-refractivity contribution in [3.63, 3.8) is 0 Å². The average Bonchev–Trinajstić information content (AvgIpc) is 3.11. The van der Waals surface area contributed by atoms with Crippen LogP contribution in [0.15, 0.2) is 28.6 Å². The molecule has 0 saturated heterocycles. The minimum Gasteiger partial charge on any atom is -0.370 e. The fourth-order valence-corrected chi connectivity index (χ4v) is 3.39. The Kier molecular flexibility index (Phi) is 4.05. The molecule has 122 valence electrons. The van der Waals surface area contributed by atoms with Crippen molar-refractivity contribution in [1.82, 2.24) is 9.97 Å². The molecule has 1 amide bonds. The van der Waals surface area contributed by atoms with Crippen molar-refractivity contribution in [2.24, 2.45) is 16.5 Å². The number of nitrogens with two attached hydrogens (primary N) is 2. The molecule has 0 aliphatic carbocycles. The van der Waals surface area contributed by atoms with E-state index in [0.717, 1.165) is 22.7 Å². The number of fused-ring (bicyclic) bond motifs is 1. The number of nitrogens with one attached hydrogen (secondary N) is 1. The summed E-state index contributed by atoms with van der Waals surface area (Å²) in [7, 11) is 0. The molecule has 12 heteroatoms. The molecule has 0 aliphatic rings. The summed E-state index contributed by atoms with van der Waals surface area (Å²) in [5, 5.41) is 15.5. The van der Waals surface area contributed by atoms with Crippen molar-refractivity contribution in [1.29, 1.82) is 0 Å². The molecule has 0 unspecified atom stereocenters. The predicted molar refractivity (Wildman–Crippen MR) is 91.8 cm³/mol. The number of aromatic nitrogens is 2. The zero-order chi connectivity index (χ0) is 17.3. The summed E-state index contributed by atoms with van der Waals surface area (Å²) in [5.41, 5.74) is 10.7. The number of anilines is 1. The van der Waals surface area contributed by atoms with Crippen molar-refractivity contribution < 1.29 is 9.72 Å². The van der Waals surface area contributed by atoms with Gasteiger partial charge in [0.1, 0.15) is 5.69 Å². The number of rotatable bonds is 4. The van der Waals surface area contributed by atoms with Gasteiger partial charge in [-0.1, -0.05) is 17.4 Å². The number of non-ortho nitro benzene ring substituents is 1. The monoisotopic (exact) mass is 363 g/mol. The summed E-state index contributed by atoms with van der Waals surface area (Å²) in [5.74, 6) is -0.667. The molecule has 24 heavy (non-hydrogen) atoms. The van der Waals surface area contributed by atoms with Gasteiger partial charge in [-0.3, -0.25) is 20.2 Å². The molecule has 2 heterocycles. The summed E-state index contributed by atoms with van der Waals surface area (Å²) in [6.45, 7) is 0. The third-order valence-corrected chi connectivity index (χ3v) is 4.43. The Morgan fingerprint density at radius 1 is 1.33 bits per heavy atom. The highest BCUT2D eigenvalue weighted by molar-refractivity contribution is 7.22. The van der Waals surface area contributed by atoms with E-state index in [1.54, 1.807) is 12.1 Å². The van der Waals surface area contributed by atoms with Gasteiger partial charge in [0, 0.05) is 11.4 Å². The number of nitro groups is 1. The van der Waals surface area contributed by atoms with Crippen molar-refractivity contribution >= 4 is 60.7 Å². The van der Waals surface area contributed by atoms with Gasteiger partial charge in [0.25, 0.3) is 11.6 Å². The molecular weight excluding hydrogens is 354 g/mol. The Morgan fingerprint density at radius 2 is 2.12 bits per heavy atom. The largest absolute Gasteiger partial charge is 0.370 e. The van der Waals surface area contributed by atoms with E-state index in [0.29, 0.717) is 4.70 Å². The maximum atomic E-state index is 12.2. The number of nitro benzene ring substituents is 1. The second-order valence-corrected chi connectivity index (χ2v) is 6.27. The van der Waals surface area contributed by atoms with Gasteiger partial charge in [0.2, 0.25) is 5.13 Å². The fourth-order valence-electron chi connectivity index (χ4n) is 1.83. The summed E-state index contributed by atoms with van der Waals surface area (Å²) >= 11 is 2.23. The molecular formula is C12H9N7O3S2. The molecule has 0 atom stereocenters. The van der Waals surface area contributed by atoms with Gasteiger partial charge in [0.15, 0.2) is 16.6 Å².